The predicted molar refractivity (Wildman–Crippen MR) is 63.4 cm³/mol. The van der Waals surface area contributed by atoms with Crippen molar-refractivity contribution in [1.82, 2.24) is 10.0 Å². The Hall–Kier alpha value is -0.000130. The van der Waals surface area contributed by atoms with Crippen LogP contribution in [0.5, 0.6) is 0 Å². The van der Waals surface area contributed by atoms with Gasteiger partial charge < -0.3 is 5.32 Å². The molecule has 1 aliphatic rings. The molecule has 0 radical (unpaired) electrons. The van der Waals surface area contributed by atoms with Crippen molar-refractivity contribution in [3.05, 3.63) is 0 Å². The Bertz CT molecular complexity index is 286. The third-order valence-corrected chi connectivity index (χ3v) is 3.66. The van der Waals surface area contributed by atoms with Crippen LogP contribution in [0.25, 0.3) is 0 Å². The van der Waals surface area contributed by atoms with Gasteiger partial charge in [0, 0.05) is 0 Å². The molecule has 0 aromatic rings. The molecule has 14 heavy (non-hydrogen) atoms. The van der Waals surface area contributed by atoms with Crippen LogP contribution in [0, 0.1) is 5.92 Å². The number of sulfonamides is 1. The van der Waals surface area contributed by atoms with E-state index in [2.05, 4.69) is 10.0 Å². The fraction of sp³-hybridized carbons (Fsp3) is 1.00. The highest BCUT2D eigenvalue weighted by molar-refractivity contribution is 7.88. The molecule has 0 aromatic carbocycles. The first-order valence-electron chi connectivity index (χ1n) is 5.01. The second-order valence-electron chi connectivity index (χ2n) is 4.64. The molecular weight excluding hydrogens is 198 g/mol. The Kier molecular flexibility index (Phi) is 3.66. The number of piperidine rings is 1. The van der Waals surface area contributed by atoms with Crippen LogP contribution in [0.4, 0.5) is 0 Å². The molecule has 0 unspecified atom stereocenters. The lowest BCUT2D eigenvalue weighted by Crippen LogP contribution is -2.58. The van der Waals surface area contributed by atoms with Crippen molar-refractivity contribution in [2.24, 2.45) is 5.92 Å². The Morgan fingerprint density at radius 2 is 2.14 bits per heavy atom. The zero-order valence-corrected chi connectivity index (χ0v) is 9.95. The maximum Gasteiger partial charge on any atom is 0.207 e. The first-order valence-corrected chi connectivity index (χ1v) is 6.90. The summed E-state index contributed by atoms with van der Waals surface area (Å²) >= 11 is 0. The highest BCUT2D eigenvalue weighted by atomic mass is 32.2. The van der Waals surface area contributed by atoms with Crippen LogP contribution in [0.2, 0.25) is 0 Å². The minimum Gasteiger partial charge on any atom is -0.316 e. The molecule has 80 valence electrons. The van der Waals surface area contributed by atoms with Crippen molar-refractivity contribution in [3.63, 3.8) is 0 Å². The molecule has 1 aliphatic heterocycles. The number of rotatable bonds is 3. The molecule has 1 rings (SSSR count). The van der Waals surface area contributed by atoms with Gasteiger partial charge in [-0.2, -0.15) is 0 Å². The van der Waals surface area contributed by atoms with Gasteiger partial charge in [0.2, 0.25) is 10.0 Å². The van der Waals surface area contributed by atoms with E-state index in [1.807, 2.05) is 15.7 Å². The average Bonchev–Trinajstić information content (AvgIpc) is 2.01. The normalized spacial score (nSPS) is 24.8. The van der Waals surface area contributed by atoms with Crippen LogP contribution < -0.4 is 10.0 Å². The van der Waals surface area contributed by atoms with E-state index in [0.29, 0.717) is 5.92 Å². The largest absolute Gasteiger partial charge is 0.316 e. The second kappa shape index (κ2) is 4.24. The molecule has 7 heteroatoms. The molecule has 1 fully saturated rings. The average molecular weight is 216 g/mol. The van der Waals surface area contributed by atoms with Crippen LogP contribution in [0.1, 0.15) is 12.8 Å². The molecule has 0 bridgehead atoms. The van der Waals surface area contributed by atoms with E-state index in [0.717, 1.165) is 25.9 Å². The maximum absolute atomic E-state index is 11.2. The van der Waals surface area contributed by atoms with Crippen molar-refractivity contribution < 1.29 is 8.42 Å². The zero-order chi connectivity index (χ0) is 10.8. The van der Waals surface area contributed by atoms with Gasteiger partial charge in [-0.25, -0.2) is 13.1 Å². The third-order valence-electron chi connectivity index (χ3n) is 2.77. The summed E-state index contributed by atoms with van der Waals surface area (Å²) in [5.41, 5.74) is 0. The molecule has 0 aromatic heterocycles. The molecule has 1 atom stereocenters. The highest BCUT2D eigenvalue weighted by Gasteiger charge is 2.32. The van der Waals surface area contributed by atoms with Gasteiger partial charge in [0.05, 0.1) is 6.26 Å². The van der Waals surface area contributed by atoms with Crippen LogP contribution in [-0.4, -0.2) is 48.8 Å². The van der Waals surface area contributed by atoms with Crippen LogP contribution in [0.3, 0.4) is 0 Å². The molecule has 0 saturated carbocycles. The van der Waals surface area contributed by atoms with Crippen LogP contribution in [0.15, 0.2) is 0 Å². The van der Waals surface area contributed by atoms with E-state index in [4.69, 9.17) is 0 Å². The van der Waals surface area contributed by atoms with Crippen LogP contribution >= 0.6 is 0 Å². The Morgan fingerprint density at radius 1 is 1.50 bits per heavy atom. The fourth-order valence-electron chi connectivity index (χ4n) is 2.03. The minimum absolute atomic E-state index is 0.346. The molecule has 0 aliphatic carbocycles. The lowest BCUT2D eigenvalue weighted by molar-refractivity contribution is 0.333. The predicted octanol–water partition coefficient (Wildman–Crippen LogP) is -2.54. The number of hydrogen-bond acceptors (Lipinski definition) is 3. The van der Waals surface area contributed by atoms with E-state index in [9.17, 15) is 8.42 Å². The molecule has 4 nitrogen and oxygen atoms in total. The topological polar surface area (TPSA) is 58.2 Å². The highest BCUT2D eigenvalue weighted by Crippen LogP contribution is 2.19. The molecule has 0 amide bonds. The molecule has 1 saturated heterocycles. The number of hydrogen-bond donors (Lipinski definition) is 2. The van der Waals surface area contributed by atoms with Crippen molar-refractivity contribution in [2.45, 2.75) is 18.2 Å². The summed E-state index contributed by atoms with van der Waals surface area (Å²) in [5.74, 6) is 0.381. The molecule has 2 N–H and O–H groups in total. The zero-order valence-electron chi connectivity index (χ0n) is 9.13. The van der Waals surface area contributed by atoms with Crippen molar-refractivity contribution in [1.29, 1.82) is 0 Å². The van der Waals surface area contributed by atoms with E-state index >= 15 is 0 Å². The standard InChI is InChI=1S/C7H18B2N2O2S/c1-14(12,13)11-7(8,9)6-3-2-4-10-5-6/h6,10-11H,2-5,8-9H2,1H3/t6-/m0/s1. The summed E-state index contributed by atoms with van der Waals surface area (Å²) in [4.78, 5) is 0. The summed E-state index contributed by atoms with van der Waals surface area (Å²) in [6.45, 7) is 1.95. The Labute approximate surface area is 88.1 Å². The fourth-order valence-corrected chi connectivity index (χ4v) is 3.15. The summed E-state index contributed by atoms with van der Waals surface area (Å²) in [5, 5.41) is 2.95. The Balaban J connectivity index is 2.63. The molecule has 1 heterocycles. The molecule has 0 spiro atoms. The van der Waals surface area contributed by atoms with Gasteiger partial charge in [0.15, 0.2) is 0 Å². The van der Waals surface area contributed by atoms with Gasteiger partial charge in [-0.15, -0.1) is 0 Å². The Morgan fingerprint density at radius 3 is 2.57 bits per heavy atom. The SMILES string of the molecule is BC(B)(NS(C)(=O)=O)[C@H]1CCCNC1. The third kappa shape index (κ3) is 3.63. The summed E-state index contributed by atoms with van der Waals surface area (Å²) < 4.78 is 25.0. The van der Waals surface area contributed by atoms with E-state index < -0.39 is 10.0 Å². The van der Waals surface area contributed by atoms with Crippen LogP contribution in [-0.2, 0) is 10.0 Å². The van der Waals surface area contributed by atoms with Gasteiger partial charge in [-0.1, -0.05) is 0 Å². The van der Waals surface area contributed by atoms with Gasteiger partial charge in [0.1, 0.15) is 15.7 Å². The van der Waals surface area contributed by atoms with E-state index in [-0.39, 0.29) is 5.34 Å². The lowest BCUT2D eigenvalue weighted by atomic mass is 9.54. The number of nitrogens with one attached hydrogen (secondary N) is 2. The maximum atomic E-state index is 11.2. The smallest absolute Gasteiger partial charge is 0.207 e. The van der Waals surface area contributed by atoms with Gasteiger partial charge in [0.25, 0.3) is 0 Å². The summed E-state index contributed by atoms with van der Waals surface area (Å²) in [6.07, 6.45) is 3.42. The van der Waals surface area contributed by atoms with E-state index in [1.165, 1.54) is 6.26 Å². The second-order valence-corrected chi connectivity index (χ2v) is 6.39. The molecular formula is C7H18B2N2O2S. The van der Waals surface area contributed by atoms with Gasteiger partial charge in [-0.3, -0.25) is 0 Å². The van der Waals surface area contributed by atoms with Gasteiger partial charge >= 0.3 is 0 Å². The van der Waals surface area contributed by atoms with Crippen molar-refractivity contribution >= 4 is 25.7 Å². The van der Waals surface area contributed by atoms with Crippen molar-refractivity contribution in [2.75, 3.05) is 19.3 Å². The summed E-state index contributed by atoms with van der Waals surface area (Å²) in [6, 6.07) is 0. The quantitative estimate of drug-likeness (QED) is 0.511. The first-order chi connectivity index (χ1) is 6.31. The first kappa shape index (κ1) is 12.1. The lowest BCUT2D eigenvalue weighted by Gasteiger charge is -2.37. The summed E-state index contributed by atoms with van der Waals surface area (Å²) in [7, 11) is 0.791. The minimum atomic E-state index is -3.11. The monoisotopic (exact) mass is 216 g/mol. The van der Waals surface area contributed by atoms with Crippen molar-refractivity contribution in [3.8, 4) is 0 Å². The van der Waals surface area contributed by atoms with E-state index in [1.54, 1.807) is 0 Å². The van der Waals surface area contributed by atoms with Gasteiger partial charge in [-0.05, 0) is 37.2 Å².